The summed E-state index contributed by atoms with van der Waals surface area (Å²) >= 11 is 0. The minimum atomic E-state index is -4.82. The average Bonchev–Trinajstić information content (AvgIpc) is 3.48. The lowest BCUT2D eigenvalue weighted by Gasteiger charge is -2.34. The van der Waals surface area contributed by atoms with E-state index in [1.807, 2.05) is 12.1 Å². The number of H-pyrrole nitrogens is 1. The van der Waals surface area contributed by atoms with E-state index in [0.717, 1.165) is 37.4 Å². The van der Waals surface area contributed by atoms with E-state index in [1.165, 1.54) is 18.2 Å². The molecule has 0 bridgehead atoms. The summed E-state index contributed by atoms with van der Waals surface area (Å²) in [5.41, 5.74) is 3.90. The molecule has 1 aromatic heterocycles. The molecule has 0 radical (unpaired) electrons. The number of aromatic amines is 1. The Labute approximate surface area is 257 Å². The summed E-state index contributed by atoms with van der Waals surface area (Å²) in [4.78, 5) is 32.2. The lowest BCUT2D eigenvalue weighted by molar-refractivity contribution is -0.274. The van der Waals surface area contributed by atoms with Crippen molar-refractivity contribution in [2.75, 3.05) is 61.5 Å². The molecule has 10 nitrogen and oxygen atoms in total. The van der Waals surface area contributed by atoms with Crippen molar-refractivity contribution in [1.82, 2.24) is 15.1 Å². The monoisotopic (exact) mass is 620 g/mol. The van der Waals surface area contributed by atoms with Gasteiger partial charge in [0, 0.05) is 49.1 Å². The van der Waals surface area contributed by atoms with Crippen molar-refractivity contribution in [3.8, 4) is 22.8 Å². The number of benzene rings is 3. The van der Waals surface area contributed by atoms with Gasteiger partial charge in [-0.15, -0.1) is 13.2 Å². The van der Waals surface area contributed by atoms with Crippen LogP contribution in [0.3, 0.4) is 0 Å². The summed E-state index contributed by atoms with van der Waals surface area (Å²) in [7, 11) is 2.11. The Morgan fingerprint density at radius 2 is 1.76 bits per heavy atom. The smallest absolute Gasteiger partial charge is 0.490 e. The first-order valence-corrected chi connectivity index (χ1v) is 14.4. The number of fused-ring (bicyclic) bond motifs is 1. The molecule has 234 valence electrons. The van der Waals surface area contributed by atoms with Crippen LogP contribution >= 0.6 is 0 Å². The van der Waals surface area contributed by atoms with Crippen molar-refractivity contribution in [3.05, 3.63) is 83.9 Å². The first kappa shape index (κ1) is 30.0. The minimum absolute atomic E-state index is 0.113. The molecular formula is C32H31F3N6O4. The molecule has 1 saturated heterocycles. The number of piperazine rings is 1. The van der Waals surface area contributed by atoms with Gasteiger partial charge in [-0.05, 0) is 61.1 Å². The number of nitrogens with zero attached hydrogens (tertiary/aromatic N) is 4. The molecule has 0 unspecified atom stereocenters. The lowest BCUT2D eigenvalue weighted by Crippen LogP contribution is -2.44. The predicted molar refractivity (Wildman–Crippen MR) is 163 cm³/mol. The largest absolute Gasteiger partial charge is 0.573 e. The highest BCUT2D eigenvalue weighted by atomic mass is 19.4. The number of hydrogen-bond donors (Lipinski definition) is 2. The SMILES string of the molecule is CN1CCN(c2ccc(C(=O)Nc3cc(-c4ccc5c(c4)OCCN5C(=O)Cc4cccc(OC(F)(F)F)c4)[nH]n3)cc2)CC1. The van der Waals surface area contributed by atoms with Gasteiger partial charge in [0.1, 0.15) is 18.1 Å². The van der Waals surface area contributed by atoms with Gasteiger partial charge in [-0.2, -0.15) is 5.10 Å². The van der Waals surface area contributed by atoms with Crippen LogP contribution in [-0.2, 0) is 11.2 Å². The van der Waals surface area contributed by atoms with E-state index in [2.05, 4.69) is 37.1 Å². The highest BCUT2D eigenvalue weighted by Gasteiger charge is 2.31. The summed E-state index contributed by atoms with van der Waals surface area (Å²) in [5.74, 6) is -0.128. The number of rotatable bonds is 7. The zero-order valence-electron chi connectivity index (χ0n) is 24.4. The predicted octanol–water partition coefficient (Wildman–Crippen LogP) is 4.95. The van der Waals surface area contributed by atoms with Crippen LogP contribution in [-0.4, -0.2) is 79.7 Å². The minimum Gasteiger partial charge on any atom is -0.490 e. The molecule has 4 aromatic rings. The third-order valence-corrected chi connectivity index (χ3v) is 7.74. The van der Waals surface area contributed by atoms with E-state index >= 15 is 0 Å². The molecule has 0 atom stereocenters. The number of anilines is 3. The van der Waals surface area contributed by atoms with Gasteiger partial charge < -0.3 is 29.5 Å². The number of aromatic nitrogens is 2. The Morgan fingerprint density at radius 3 is 2.51 bits per heavy atom. The van der Waals surface area contributed by atoms with Crippen LogP contribution in [0.1, 0.15) is 15.9 Å². The second-order valence-corrected chi connectivity index (χ2v) is 10.9. The first-order chi connectivity index (χ1) is 21.6. The maximum absolute atomic E-state index is 13.2. The zero-order valence-corrected chi connectivity index (χ0v) is 24.4. The van der Waals surface area contributed by atoms with E-state index in [0.29, 0.717) is 40.6 Å². The van der Waals surface area contributed by atoms with Crippen LogP contribution in [0.5, 0.6) is 11.5 Å². The van der Waals surface area contributed by atoms with Crippen molar-refractivity contribution >= 4 is 29.0 Å². The maximum Gasteiger partial charge on any atom is 0.573 e. The second kappa shape index (κ2) is 12.5. The van der Waals surface area contributed by atoms with E-state index in [1.54, 1.807) is 47.4 Å². The van der Waals surface area contributed by atoms with Crippen molar-refractivity contribution in [2.24, 2.45) is 0 Å². The van der Waals surface area contributed by atoms with Gasteiger partial charge in [0.15, 0.2) is 5.82 Å². The summed E-state index contributed by atoms with van der Waals surface area (Å²) in [6.07, 6.45) is -4.93. The Morgan fingerprint density at radius 1 is 0.978 bits per heavy atom. The van der Waals surface area contributed by atoms with E-state index < -0.39 is 6.36 Å². The molecule has 1 fully saturated rings. The fraction of sp³-hybridized carbons (Fsp3) is 0.281. The number of carbonyl (C=O) groups excluding carboxylic acids is 2. The fourth-order valence-corrected chi connectivity index (χ4v) is 5.38. The van der Waals surface area contributed by atoms with Gasteiger partial charge in [-0.3, -0.25) is 14.7 Å². The summed E-state index contributed by atoms with van der Waals surface area (Å²) in [5, 5.41) is 9.98. The highest BCUT2D eigenvalue weighted by molar-refractivity contribution is 6.04. The van der Waals surface area contributed by atoms with Crippen LogP contribution in [0.2, 0.25) is 0 Å². The van der Waals surface area contributed by atoms with E-state index in [4.69, 9.17) is 4.74 Å². The molecule has 0 spiro atoms. The van der Waals surface area contributed by atoms with Crippen LogP contribution in [0.4, 0.5) is 30.4 Å². The Hall–Kier alpha value is -5.04. The lowest BCUT2D eigenvalue weighted by atomic mass is 10.1. The van der Waals surface area contributed by atoms with Crippen LogP contribution in [0, 0.1) is 0 Å². The summed E-state index contributed by atoms with van der Waals surface area (Å²) in [6.45, 7) is 4.42. The molecule has 3 heterocycles. The first-order valence-electron chi connectivity index (χ1n) is 14.4. The van der Waals surface area contributed by atoms with Crippen LogP contribution < -0.4 is 24.6 Å². The Kier molecular flexibility index (Phi) is 8.35. The van der Waals surface area contributed by atoms with Gasteiger partial charge in [-0.25, -0.2) is 0 Å². The van der Waals surface area contributed by atoms with E-state index in [9.17, 15) is 22.8 Å². The number of halogens is 3. The van der Waals surface area contributed by atoms with Crippen molar-refractivity contribution in [3.63, 3.8) is 0 Å². The summed E-state index contributed by atoms with van der Waals surface area (Å²) < 4.78 is 47.6. The van der Waals surface area contributed by atoms with Gasteiger partial charge >= 0.3 is 6.36 Å². The molecule has 2 amide bonds. The molecule has 13 heteroatoms. The number of nitrogens with one attached hydrogen (secondary N) is 2. The second-order valence-electron chi connectivity index (χ2n) is 10.9. The molecule has 3 aromatic carbocycles. The summed E-state index contributed by atoms with van der Waals surface area (Å²) in [6, 6.07) is 19.9. The van der Waals surface area contributed by atoms with E-state index in [-0.39, 0.29) is 30.6 Å². The Bertz CT molecular complexity index is 1680. The third kappa shape index (κ3) is 7.20. The van der Waals surface area contributed by atoms with Gasteiger partial charge in [0.25, 0.3) is 5.91 Å². The molecule has 2 N–H and O–H groups in total. The number of likely N-dealkylation sites (N-methyl/N-ethyl adjacent to an activating group) is 1. The molecule has 6 rings (SSSR count). The molecule has 2 aliphatic heterocycles. The molecule has 45 heavy (non-hydrogen) atoms. The Balaban J connectivity index is 1.10. The standard InChI is InChI=1S/C32H31F3N6O4/c1-39-11-13-40(14-12-39)24-8-5-22(6-9-24)31(43)36-29-20-26(37-38-29)23-7-10-27-28(19-23)44-16-15-41(27)30(42)18-21-3-2-4-25(17-21)45-32(33,34)35/h2-10,17,19-20H,11-16,18H2,1H3,(H2,36,37,38,43). The number of hydrogen-bond acceptors (Lipinski definition) is 7. The number of carbonyl (C=O) groups is 2. The van der Waals surface area contributed by atoms with Gasteiger partial charge in [0.05, 0.1) is 24.3 Å². The van der Waals surface area contributed by atoms with Crippen molar-refractivity contribution in [2.45, 2.75) is 12.8 Å². The number of alkyl halides is 3. The van der Waals surface area contributed by atoms with Crippen LogP contribution in [0.15, 0.2) is 72.8 Å². The van der Waals surface area contributed by atoms with Crippen molar-refractivity contribution in [1.29, 1.82) is 0 Å². The van der Waals surface area contributed by atoms with Crippen molar-refractivity contribution < 1.29 is 32.2 Å². The topological polar surface area (TPSA) is 103 Å². The molecular weight excluding hydrogens is 589 g/mol. The van der Waals surface area contributed by atoms with Crippen LogP contribution in [0.25, 0.3) is 11.3 Å². The third-order valence-electron chi connectivity index (χ3n) is 7.74. The molecule has 0 aliphatic carbocycles. The zero-order chi connectivity index (χ0) is 31.6. The highest BCUT2D eigenvalue weighted by Crippen LogP contribution is 2.36. The molecule has 0 saturated carbocycles. The number of amides is 2. The molecule has 2 aliphatic rings. The quantitative estimate of drug-likeness (QED) is 0.302. The van der Waals surface area contributed by atoms with Gasteiger partial charge in [0.2, 0.25) is 5.91 Å². The maximum atomic E-state index is 13.2. The normalized spacial score (nSPS) is 15.3. The fourth-order valence-electron chi connectivity index (χ4n) is 5.38. The van der Waals surface area contributed by atoms with Gasteiger partial charge in [-0.1, -0.05) is 18.2 Å². The average molecular weight is 621 g/mol. The number of ether oxygens (including phenoxy) is 2.